The van der Waals surface area contributed by atoms with Crippen LogP contribution in [0.1, 0.15) is 73.4 Å². The molecule has 0 saturated heterocycles. The number of carbonyl (C=O) groups excluding carboxylic acids is 1. The number of hydrogen-bond donors (Lipinski definition) is 0. The maximum absolute atomic E-state index is 14.1. The van der Waals surface area contributed by atoms with E-state index in [2.05, 4.69) is 9.97 Å². The second-order valence-electron chi connectivity index (χ2n) is 13.5. The van der Waals surface area contributed by atoms with E-state index < -0.39 is 63.2 Å². The first-order valence-electron chi connectivity index (χ1n) is 17.3. The van der Waals surface area contributed by atoms with Gasteiger partial charge in [-0.05, 0) is 98.9 Å². The summed E-state index contributed by atoms with van der Waals surface area (Å²) in [5.74, 6) is -0.323. The van der Waals surface area contributed by atoms with E-state index in [0.29, 0.717) is 37.4 Å². The standard InChI is InChI=1S/C36H41F9N4O5S/c1-4-48(19-24-5-7-25(8-6-24)21-53-22-50)32-10-9-28(34(37,38)39)15-27(32)20-49(33-46-17-31(18-47-33)54-11-12-55(3,51)52)23(2)26-13-29(35(40,41)42)16-30(14-26)36(43,44)45/h9-10,13-18,22-25H,4-8,11-12,19-21H2,1-3H3/t23-,24-,25-/m0/s1. The van der Waals surface area contributed by atoms with E-state index in [1.54, 1.807) is 6.92 Å². The molecule has 2 aromatic carbocycles. The molecule has 304 valence electrons. The van der Waals surface area contributed by atoms with Gasteiger partial charge in [0, 0.05) is 31.6 Å². The largest absolute Gasteiger partial charge is 0.489 e. The van der Waals surface area contributed by atoms with Crippen LogP contribution in [0, 0.1) is 11.8 Å². The van der Waals surface area contributed by atoms with Gasteiger partial charge in [-0.1, -0.05) is 0 Å². The van der Waals surface area contributed by atoms with Crippen LogP contribution in [0.4, 0.5) is 51.1 Å². The quantitative estimate of drug-likeness (QED) is 0.104. The van der Waals surface area contributed by atoms with Crippen molar-refractivity contribution in [3.63, 3.8) is 0 Å². The van der Waals surface area contributed by atoms with Gasteiger partial charge in [0.1, 0.15) is 6.61 Å². The van der Waals surface area contributed by atoms with E-state index in [1.165, 1.54) is 17.9 Å². The van der Waals surface area contributed by atoms with Gasteiger partial charge in [-0.25, -0.2) is 18.4 Å². The number of alkyl halides is 9. The van der Waals surface area contributed by atoms with Gasteiger partial charge in [0.05, 0.1) is 47.5 Å². The SMILES string of the molecule is CCN(C[C@H]1CC[C@H](COC=O)CC1)c1ccc(C(F)(F)F)cc1CN(c1ncc(OCCS(C)(=O)=O)cn1)[C@@H](C)c1cc(C(F)(F)F)cc(C(F)(F)F)c1. The molecule has 0 N–H and O–H groups in total. The molecule has 1 fully saturated rings. The highest BCUT2D eigenvalue weighted by Gasteiger charge is 2.38. The third-order valence-corrected chi connectivity index (χ3v) is 10.4. The molecule has 9 nitrogen and oxygen atoms in total. The maximum Gasteiger partial charge on any atom is 0.416 e. The number of halogens is 9. The molecule has 1 aromatic heterocycles. The molecule has 0 spiro atoms. The molecular formula is C36H41F9N4O5S. The number of nitrogens with zero attached hydrogens (tertiary/aromatic N) is 4. The Bertz CT molecular complexity index is 1820. The lowest BCUT2D eigenvalue weighted by Gasteiger charge is -2.36. The number of hydrogen-bond acceptors (Lipinski definition) is 9. The molecule has 4 rings (SSSR count). The Balaban J connectivity index is 1.79. The lowest BCUT2D eigenvalue weighted by atomic mass is 9.82. The Hall–Kier alpha value is -4.29. The summed E-state index contributed by atoms with van der Waals surface area (Å²) in [6.45, 7) is 3.78. The first kappa shape index (κ1) is 43.4. The van der Waals surface area contributed by atoms with Crippen LogP contribution in [0.15, 0.2) is 48.8 Å². The van der Waals surface area contributed by atoms with Crippen LogP contribution in [0.2, 0.25) is 0 Å². The highest BCUT2D eigenvalue weighted by atomic mass is 32.2. The van der Waals surface area contributed by atoms with Gasteiger partial charge < -0.3 is 19.3 Å². The molecule has 0 bridgehead atoms. The number of sulfone groups is 1. The summed E-state index contributed by atoms with van der Waals surface area (Å²) in [7, 11) is -3.40. The van der Waals surface area contributed by atoms with Gasteiger partial charge in [0.15, 0.2) is 15.6 Å². The van der Waals surface area contributed by atoms with Crippen LogP contribution in [0.25, 0.3) is 0 Å². The molecule has 1 atom stereocenters. The zero-order valence-corrected chi connectivity index (χ0v) is 31.0. The topological polar surface area (TPSA) is 102 Å². The number of anilines is 2. The second kappa shape index (κ2) is 17.7. The third kappa shape index (κ3) is 12.4. The minimum atomic E-state index is -5.17. The average Bonchev–Trinajstić information content (AvgIpc) is 3.10. The Kier molecular flexibility index (Phi) is 14.0. The molecule has 0 amide bonds. The molecule has 3 aromatic rings. The van der Waals surface area contributed by atoms with E-state index in [1.807, 2.05) is 4.90 Å². The van der Waals surface area contributed by atoms with Crippen LogP contribution in [0.3, 0.4) is 0 Å². The minimum absolute atomic E-state index is 0.0113. The average molecular weight is 813 g/mol. The van der Waals surface area contributed by atoms with Crippen molar-refractivity contribution in [2.24, 2.45) is 11.8 Å². The predicted octanol–water partition coefficient (Wildman–Crippen LogP) is 8.53. The molecule has 0 unspecified atom stereocenters. The lowest BCUT2D eigenvalue weighted by Crippen LogP contribution is -2.34. The number of ether oxygens (including phenoxy) is 2. The molecule has 19 heteroatoms. The molecule has 1 saturated carbocycles. The van der Waals surface area contributed by atoms with Crippen LogP contribution in [-0.4, -0.2) is 63.2 Å². The number of carbonyl (C=O) groups is 1. The summed E-state index contributed by atoms with van der Waals surface area (Å²) in [6, 6.07) is 2.77. The molecule has 1 aliphatic carbocycles. The van der Waals surface area contributed by atoms with Gasteiger partial charge >= 0.3 is 18.5 Å². The molecule has 1 heterocycles. The van der Waals surface area contributed by atoms with Crippen molar-refractivity contribution in [3.05, 3.63) is 76.6 Å². The Morgan fingerprint density at radius 2 is 1.42 bits per heavy atom. The van der Waals surface area contributed by atoms with E-state index in [-0.39, 0.29) is 54.1 Å². The van der Waals surface area contributed by atoms with Crippen molar-refractivity contribution >= 4 is 27.9 Å². The zero-order valence-electron chi connectivity index (χ0n) is 30.1. The van der Waals surface area contributed by atoms with E-state index in [9.17, 15) is 52.7 Å². The van der Waals surface area contributed by atoms with Crippen molar-refractivity contribution < 1.29 is 62.2 Å². The van der Waals surface area contributed by atoms with Gasteiger partial charge in [-0.2, -0.15) is 39.5 Å². The van der Waals surface area contributed by atoms with E-state index >= 15 is 0 Å². The molecular weight excluding hydrogens is 771 g/mol. The summed E-state index contributed by atoms with van der Waals surface area (Å²) in [6.07, 6.45) is -8.87. The zero-order chi connectivity index (χ0) is 40.8. The van der Waals surface area contributed by atoms with Crippen molar-refractivity contribution in [1.29, 1.82) is 0 Å². The Morgan fingerprint density at radius 3 is 1.93 bits per heavy atom. The van der Waals surface area contributed by atoms with Crippen LogP contribution in [-0.2, 0) is 44.4 Å². The molecule has 55 heavy (non-hydrogen) atoms. The maximum atomic E-state index is 14.1. The van der Waals surface area contributed by atoms with Crippen molar-refractivity contribution in [2.45, 2.75) is 70.6 Å². The van der Waals surface area contributed by atoms with Crippen LogP contribution >= 0.6 is 0 Å². The fourth-order valence-corrected chi connectivity index (χ4v) is 6.86. The highest BCUT2D eigenvalue weighted by Crippen LogP contribution is 2.41. The predicted molar refractivity (Wildman–Crippen MR) is 185 cm³/mol. The van der Waals surface area contributed by atoms with E-state index in [0.717, 1.165) is 56.5 Å². The Labute approximate surface area is 312 Å². The van der Waals surface area contributed by atoms with Crippen LogP contribution in [0.5, 0.6) is 5.75 Å². The van der Waals surface area contributed by atoms with Crippen molar-refractivity contribution in [1.82, 2.24) is 9.97 Å². The Morgan fingerprint density at radius 1 is 0.855 bits per heavy atom. The summed E-state index contributed by atoms with van der Waals surface area (Å²) < 4.78 is 159. The molecule has 0 radical (unpaired) electrons. The second-order valence-corrected chi connectivity index (χ2v) is 15.8. The minimum Gasteiger partial charge on any atom is -0.489 e. The van der Waals surface area contributed by atoms with Crippen LogP contribution < -0.4 is 14.5 Å². The smallest absolute Gasteiger partial charge is 0.416 e. The number of rotatable bonds is 16. The lowest BCUT2D eigenvalue weighted by molar-refractivity contribution is -0.143. The highest BCUT2D eigenvalue weighted by molar-refractivity contribution is 7.90. The fourth-order valence-electron chi connectivity index (χ4n) is 6.47. The number of aromatic nitrogens is 2. The first-order chi connectivity index (χ1) is 25.6. The monoisotopic (exact) mass is 812 g/mol. The van der Waals surface area contributed by atoms with E-state index in [4.69, 9.17) is 9.47 Å². The molecule has 1 aliphatic rings. The van der Waals surface area contributed by atoms with Crippen molar-refractivity contribution in [2.75, 3.05) is 48.1 Å². The van der Waals surface area contributed by atoms with Gasteiger partial charge in [-0.3, -0.25) is 4.79 Å². The first-order valence-corrected chi connectivity index (χ1v) is 19.3. The fraction of sp³-hybridized carbons (Fsp3) is 0.528. The van der Waals surface area contributed by atoms with Gasteiger partial charge in [0.2, 0.25) is 5.95 Å². The molecule has 0 aliphatic heterocycles. The normalized spacial score (nSPS) is 17.4. The van der Waals surface area contributed by atoms with Gasteiger partial charge in [0.25, 0.3) is 6.47 Å². The van der Waals surface area contributed by atoms with Gasteiger partial charge in [-0.15, -0.1) is 0 Å². The number of benzene rings is 2. The summed E-state index contributed by atoms with van der Waals surface area (Å²) in [5.41, 5.74) is -4.24. The summed E-state index contributed by atoms with van der Waals surface area (Å²) >= 11 is 0. The summed E-state index contributed by atoms with van der Waals surface area (Å²) in [5, 5.41) is 0. The van der Waals surface area contributed by atoms with Crippen molar-refractivity contribution in [3.8, 4) is 5.75 Å². The third-order valence-electron chi connectivity index (χ3n) is 9.47. The summed E-state index contributed by atoms with van der Waals surface area (Å²) in [4.78, 5) is 22.1.